The molecule has 0 N–H and O–H groups in total. The van der Waals surface area contributed by atoms with E-state index in [2.05, 4.69) is 0 Å². The third-order valence-electron chi connectivity index (χ3n) is 7.56. The summed E-state index contributed by atoms with van der Waals surface area (Å²) >= 11 is 8.38. The molecule has 0 saturated heterocycles. The number of alkyl halides is 3. The summed E-state index contributed by atoms with van der Waals surface area (Å²) in [6.07, 6.45) is -2.28. The lowest BCUT2D eigenvalue weighted by Gasteiger charge is -2.46. The Morgan fingerprint density at radius 3 is 2.60 bits per heavy atom. The first kappa shape index (κ1) is 30.0. The molecule has 2 aliphatic rings. The molecule has 2 aliphatic heterocycles. The maximum absolute atomic E-state index is 14.2. The highest BCUT2D eigenvalue weighted by molar-refractivity contribution is 7.98. The number of aromatic nitrogens is 1. The fourth-order valence-electron chi connectivity index (χ4n) is 5.26. The van der Waals surface area contributed by atoms with E-state index in [0.717, 1.165) is 22.9 Å². The molecule has 0 spiro atoms. The monoisotopic (exact) mass is 619 g/mol. The Labute approximate surface area is 250 Å². The van der Waals surface area contributed by atoms with Crippen LogP contribution >= 0.6 is 23.4 Å². The molecule has 1 amide bonds. The summed E-state index contributed by atoms with van der Waals surface area (Å²) in [6, 6.07) is 9.95. The summed E-state index contributed by atoms with van der Waals surface area (Å²) in [5.41, 5.74) is 0.839. The topological polar surface area (TPSA) is 71.8 Å². The van der Waals surface area contributed by atoms with E-state index in [9.17, 15) is 27.6 Å². The van der Waals surface area contributed by atoms with E-state index in [4.69, 9.17) is 16.3 Å². The Balaban J connectivity index is 1.85. The van der Waals surface area contributed by atoms with Crippen LogP contribution in [0.5, 0.6) is 5.75 Å². The van der Waals surface area contributed by atoms with Crippen LogP contribution in [0.2, 0.25) is 5.02 Å². The zero-order valence-corrected chi connectivity index (χ0v) is 24.8. The van der Waals surface area contributed by atoms with Crippen LogP contribution in [0.3, 0.4) is 0 Å². The standard InChI is InChI=1S/C30H29ClF3N3O4S/c1-4-5-13-41-28-26-29(40)35(18(3)30(32,33)34)16-37(36(26)14-21(17(2)38)27(28)39)25-20-10-6-7-12-23(20)42-15-19-9-8-11-22(31)24(19)25/h6-12,14,18,25H,4-5,13,15-16H2,1-3H3/t18?,25-/m1/s1. The lowest BCUT2D eigenvalue weighted by Crippen LogP contribution is -2.60. The zero-order valence-electron chi connectivity index (χ0n) is 23.2. The molecule has 0 bridgehead atoms. The Hall–Kier alpha value is -3.44. The number of fused-ring (bicyclic) bond motifs is 3. The van der Waals surface area contributed by atoms with E-state index >= 15 is 0 Å². The SMILES string of the molecule is CCCCOc1c2n(cc(C(C)=O)c1=O)N([C@@H]1c3ccccc3SCc3cccc(Cl)c31)CN(C(C)C(F)(F)F)C2=O. The van der Waals surface area contributed by atoms with Gasteiger partial charge in [0.1, 0.15) is 18.8 Å². The second-order valence-electron chi connectivity index (χ2n) is 10.3. The highest BCUT2D eigenvalue weighted by atomic mass is 35.5. The van der Waals surface area contributed by atoms with Gasteiger partial charge in [0.25, 0.3) is 5.91 Å². The van der Waals surface area contributed by atoms with Crippen LogP contribution in [0.15, 0.2) is 58.4 Å². The van der Waals surface area contributed by atoms with Gasteiger partial charge in [0.05, 0.1) is 12.2 Å². The number of carbonyl (C=O) groups is 2. The minimum Gasteiger partial charge on any atom is -0.487 e. The van der Waals surface area contributed by atoms with E-state index in [0.29, 0.717) is 34.1 Å². The average Bonchev–Trinajstić information content (AvgIpc) is 3.11. The molecule has 0 fully saturated rings. The summed E-state index contributed by atoms with van der Waals surface area (Å²) in [4.78, 5) is 41.6. The van der Waals surface area contributed by atoms with Crippen molar-refractivity contribution in [2.45, 2.75) is 62.5 Å². The Morgan fingerprint density at radius 2 is 1.90 bits per heavy atom. The molecule has 5 rings (SSSR count). The normalized spacial score (nSPS) is 17.2. The minimum absolute atomic E-state index is 0.0414. The lowest BCUT2D eigenvalue weighted by molar-refractivity contribution is -0.173. The van der Waals surface area contributed by atoms with Crippen molar-refractivity contribution in [3.63, 3.8) is 0 Å². The predicted molar refractivity (Wildman–Crippen MR) is 155 cm³/mol. The molecule has 3 aromatic rings. The highest BCUT2D eigenvalue weighted by Gasteiger charge is 2.48. The molecule has 1 aromatic heterocycles. The van der Waals surface area contributed by atoms with Gasteiger partial charge in [0.2, 0.25) is 5.43 Å². The number of ketones is 1. The summed E-state index contributed by atoms with van der Waals surface area (Å²) in [7, 11) is 0. The number of Topliss-reactive ketones (excluding diaryl/α,β-unsaturated/α-hetero) is 1. The number of thioether (sulfide) groups is 1. The minimum atomic E-state index is -4.75. The first-order valence-corrected chi connectivity index (χ1v) is 14.9. The summed E-state index contributed by atoms with van der Waals surface area (Å²) in [5, 5.41) is 1.96. The molecule has 7 nitrogen and oxygen atoms in total. The summed E-state index contributed by atoms with van der Waals surface area (Å²) in [5.74, 6) is -1.48. The number of amides is 1. The smallest absolute Gasteiger partial charge is 0.408 e. The highest BCUT2D eigenvalue weighted by Crippen LogP contribution is 2.45. The molecule has 12 heteroatoms. The van der Waals surface area contributed by atoms with Crippen molar-refractivity contribution in [1.82, 2.24) is 9.58 Å². The Bertz CT molecular complexity index is 1610. The maximum atomic E-state index is 14.2. The Morgan fingerprint density at radius 1 is 1.17 bits per heavy atom. The number of ether oxygens (including phenoxy) is 1. The van der Waals surface area contributed by atoms with Gasteiger partial charge in [-0.05, 0) is 43.5 Å². The number of carbonyl (C=O) groups excluding carboxylic acids is 2. The molecule has 0 saturated carbocycles. The molecular weight excluding hydrogens is 591 g/mol. The van der Waals surface area contributed by atoms with Gasteiger partial charge < -0.3 is 9.64 Å². The number of hydrogen-bond donors (Lipinski definition) is 0. The van der Waals surface area contributed by atoms with Crippen molar-refractivity contribution < 1.29 is 27.5 Å². The van der Waals surface area contributed by atoms with Crippen molar-refractivity contribution >= 4 is 35.1 Å². The van der Waals surface area contributed by atoms with Gasteiger partial charge in [0.15, 0.2) is 17.2 Å². The van der Waals surface area contributed by atoms with Gasteiger partial charge in [-0.2, -0.15) is 13.2 Å². The van der Waals surface area contributed by atoms with Crippen molar-refractivity contribution in [2.75, 3.05) is 18.3 Å². The Kier molecular flexibility index (Phi) is 8.35. The molecule has 3 heterocycles. The molecule has 1 unspecified atom stereocenters. The van der Waals surface area contributed by atoms with Gasteiger partial charge in [0, 0.05) is 27.4 Å². The first-order chi connectivity index (χ1) is 20.0. The third kappa shape index (κ3) is 5.28. The van der Waals surface area contributed by atoms with Crippen molar-refractivity contribution in [2.24, 2.45) is 0 Å². The van der Waals surface area contributed by atoms with Crippen molar-refractivity contribution in [3.05, 3.63) is 91.9 Å². The summed E-state index contributed by atoms with van der Waals surface area (Å²) in [6.45, 7) is 3.56. The predicted octanol–water partition coefficient (Wildman–Crippen LogP) is 6.58. The van der Waals surface area contributed by atoms with Crippen LogP contribution in [0.4, 0.5) is 13.2 Å². The molecule has 0 radical (unpaired) electrons. The van der Waals surface area contributed by atoms with E-state index in [-0.39, 0.29) is 17.9 Å². The van der Waals surface area contributed by atoms with E-state index in [1.165, 1.54) is 17.8 Å². The van der Waals surface area contributed by atoms with E-state index in [1.54, 1.807) is 22.8 Å². The molecule has 2 atom stereocenters. The average molecular weight is 620 g/mol. The first-order valence-electron chi connectivity index (χ1n) is 13.5. The van der Waals surface area contributed by atoms with Gasteiger partial charge in [-0.25, -0.2) is 0 Å². The fraction of sp³-hybridized carbons (Fsp3) is 0.367. The summed E-state index contributed by atoms with van der Waals surface area (Å²) < 4.78 is 49.7. The maximum Gasteiger partial charge on any atom is 0.408 e. The van der Waals surface area contributed by atoms with Crippen molar-refractivity contribution in [3.8, 4) is 5.75 Å². The van der Waals surface area contributed by atoms with E-state index < -0.39 is 47.8 Å². The van der Waals surface area contributed by atoms with Crippen LogP contribution in [-0.2, 0) is 5.75 Å². The molecular formula is C30H29ClF3N3O4S. The molecule has 42 heavy (non-hydrogen) atoms. The molecule has 2 aromatic carbocycles. The van der Waals surface area contributed by atoms with Crippen LogP contribution in [-0.4, -0.2) is 46.8 Å². The van der Waals surface area contributed by atoms with E-state index in [1.807, 2.05) is 43.3 Å². The largest absolute Gasteiger partial charge is 0.487 e. The number of unbranched alkanes of at least 4 members (excludes halogenated alkanes) is 1. The number of halogens is 4. The van der Waals surface area contributed by atoms with Gasteiger partial charge in [-0.3, -0.25) is 24.1 Å². The van der Waals surface area contributed by atoms with Gasteiger partial charge in [-0.15, -0.1) is 11.8 Å². The van der Waals surface area contributed by atoms with Crippen LogP contribution in [0.25, 0.3) is 0 Å². The lowest BCUT2D eigenvalue weighted by atomic mass is 9.94. The van der Waals surface area contributed by atoms with Gasteiger partial charge in [-0.1, -0.05) is 55.3 Å². The number of nitrogens with zero attached hydrogens (tertiary/aromatic N) is 3. The van der Waals surface area contributed by atoms with Crippen LogP contribution < -0.4 is 15.2 Å². The zero-order chi connectivity index (χ0) is 30.3. The van der Waals surface area contributed by atoms with Gasteiger partial charge >= 0.3 is 6.18 Å². The number of rotatable bonds is 7. The quantitative estimate of drug-likeness (QED) is 0.220. The second kappa shape index (κ2) is 11.7. The van der Waals surface area contributed by atoms with Crippen molar-refractivity contribution in [1.29, 1.82) is 0 Å². The number of benzene rings is 2. The van der Waals surface area contributed by atoms with Crippen LogP contribution in [0, 0.1) is 0 Å². The fourth-order valence-corrected chi connectivity index (χ4v) is 6.64. The van der Waals surface area contributed by atoms with Crippen LogP contribution in [0.1, 0.15) is 77.2 Å². The number of pyridine rings is 1. The molecule has 0 aliphatic carbocycles. The molecule has 222 valence electrons. The number of hydrogen-bond acceptors (Lipinski definition) is 6. The second-order valence-corrected chi connectivity index (χ2v) is 11.7. The third-order valence-corrected chi connectivity index (χ3v) is 9.03.